The normalized spacial score (nSPS) is 29.9. The van der Waals surface area contributed by atoms with Crippen LogP contribution >= 0.6 is 23.2 Å². The summed E-state index contributed by atoms with van der Waals surface area (Å²) in [5.74, 6) is 1.09. The molecule has 0 spiro atoms. The van der Waals surface area contributed by atoms with Gasteiger partial charge in [0.15, 0.2) is 0 Å². The smallest absolute Gasteiger partial charge is 0.226 e. The van der Waals surface area contributed by atoms with E-state index in [4.69, 9.17) is 33.0 Å². The van der Waals surface area contributed by atoms with Crippen molar-refractivity contribution in [3.63, 3.8) is 0 Å². The molecule has 3 N–H and O–H groups in total. The topological polar surface area (TPSA) is 78.8 Å². The molecule has 1 saturated heterocycles. The van der Waals surface area contributed by atoms with Crippen molar-refractivity contribution in [2.75, 3.05) is 13.2 Å². The molecule has 1 heterocycles. The molecule has 0 bridgehead atoms. The average Bonchev–Trinajstić information content (AvgIpc) is 3.07. The average molecular weight is 492 g/mol. The van der Waals surface area contributed by atoms with Crippen molar-refractivity contribution in [1.82, 2.24) is 5.32 Å². The van der Waals surface area contributed by atoms with Gasteiger partial charge in [0.25, 0.3) is 0 Å². The van der Waals surface area contributed by atoms with Crippen LogP contribution in [0.2, 0.25) is 10.0 Å². The minimum atomic E-state index is -0.938. The van der Waals surface area contributed by atoms with Crippen LogP contribution in [-0.2, 0) is 4.79 Å². The summed E-state index contributed by atoms with van der Waals surface area (Å²) >= 11 is 13.0. The second-order valence-electron chi connectivity index (χ2n) is 9.35. The molecule has 1 aliphatic heterocycles. The number of benzene rings is 2. The second-order valence-corrected chi connectivity index (χ2v) is 10.2. The number of carbonyl (C=O) groups excluding carboxylic acids is 1. The molecular formula is C26H31Cl2NO4. The van der Waals surface area contributed by atoms with Gasteiger partial charge in [-0.1, -0.05) is 48.3 Å². The molecular weight excluding hydrogens is 461 g/mol. The lowest BCUT2D eigenvalue weighted by Gasteiger charge is -2.47. The van der Waals surface area contributed by atoms with Crippen molar-refractivity contribution in [3.8, 4) is 5.75 Å². The lowest BCUT2D eigenvalue weighted by Crippen LogP contribution is -2.43. The first kappa shape index (κ1) is 24.3. The Morgan fingerprint density at radius 3 is 2.58 bits per heavy atom. The summed E-state index contributed by atoms with van der Waals surface area (Å²) in [5, 5.41) is 23.1. The molecule has 2 aliphatic rings. The highest BCUT2D eigenvalue weighted by molar-refractivity contribution is 6.31. The van der Waals surface area contributed by atoms with Gasteiger partial charge in [-0.2, -0.15) is 0 Å². The van der Waals surface area contributed by atoms with Crippen LogP contribution in [0.25, 0.3) is 0 Å². The number of aliphatic hydroxyl groups excluding tert-OH is 2. The van der Waals surface area contributed by atoms with Crippen LogP contribution in [0.5, 0.6) is 5.75 Å². The van der Waals surface area contributed by atoms with Crippen LogP contribution in [0, 0.1) is 11.3 Å². The maximum absolute atomic E-state index is 13.1. The number of hydrogen-bond acceptors (Lipinski definition) is 4. The summed E-state index contributed by atoms with van der Waals surface area (Å²) in [6.07, 6.45) is 1.53. The Bertz CT molecular complexity index is 998. The molecule has 2 fully saturated rings. The highest BCUT2D eigenvalue weighted by Gasteiger charge is 2.59. The quantitative estimate of drug-likeness (QED) is 0.513. The summed E-state index contributed by atoms with van der Waals surface area (Å²) in [6.45, 7) is 3.86. The van der Waals surface area contributed by atoms with Crippen LogP contribution in [0.15, 0.2) is 42.5 Å². The van der Waals surface area contributed by atoms with Gasteiger partial charge in [0, 0.05) is 22.0 Å². The van der Waals surface area contributed by atoms with E-state index >= 15 is 0 Å². The van der Waals surface area contributed by atoms with Gasteiger partial charge in [-0.3, -0.25) is 4.79 Å². The maximum Gasteiger partial charge on any atom is 0.226 e. The molecule has 0 aromatic heterocycles. The van der Waals surface area contributed by atoms with E-state index in [0.29, 0.717) is 15.8 Å². The number of carbonyl (C=O) groups is 1. The Morgan fingerprint density at radius 2 is 1.94 bits per heavy atom. The number of fused-ring (bicyclic) bond motifs is 1. The van der Waals surface area contributed by atoms with Gasteiger partial charge in [0.05, 0.1) is 12.0 Å². The Balaban J connectivity index is 1.73. The lowest BCUT2D eigenvalue weighted by molar-refractivity contribution is -0.131. The van der Waals surface area contributed by atoms with Gasteiger partial charge < -0.3 is 20.3 Å². The van der Waals surface area contributed by atoms with Crippen molar-refractivity contribution < 1.29 is 19.7 Å². The summed E-state index contributed by atoms with van der Waals surface area (Å²) in [4.78, 5) is 13.1. The number of amides is 1. The number of hydrogen-bond donors (Lipinski definition) is 3. The van der Waals surface area contributed by atoms with Crippen molar-refractivity contribution in [2.24, 2.45) is 11.3 Å². The van der Waals surface area contributed by atoms with Crippen molar-refractivity contribution in [1.29, 1.82) is 0 Å². The van der Waals surface area contributed by atoms with Gasteiger partial charge in [-0.25, -0.2) is 0 Å². The molecule has 0 unspecified atom stereocenters. The van der Waals surface area contributed by atoms with Crippen molar-refractivity contribution in [3.05, 3.63) is 63.6 Å². The summed E-state index contributed by atoms with van der Waals surface area (Å²) in [6, 6.07) is 13.6. The molecule has 2 aromatic carbocycles. The molecule has 5 nitrogen and oxygen atoms in total. The number of halogens is 2. The Labute approximate surface area is 205 Å². The third kappa shape index (κ3) is 4.49. The fourth-order valence-corrected chi connectivity index (χ4v) is 6.47. The van der Waals surface area contributed by atoms with E-state index in [2.05, 4.69) is 31.3 Å². The Hall–Kier alpha value is -1.79. The van der Waals surface area contributed by atoms with Crippen LogP contribution in [0.1, 0.15) is 56.1 Å². The van der Waals surface area contributed by atoms with E-state index in [-0.39, 0.29) is 48.3 Å². The first-order valence-corrected chi connectivity index (χ1v) is 12.3. The van der Waals surface area contributed by atoms with Gasteiger partial charge in [0.1, 0.15) is 18.5 Å². The number of aliphatic hydroxyl groups is 2. The molecule has 178 valence electrons. The largest absolute Gasteiger partial charge is 0.491 e. The number of rotatable bonds is 7. The van der Waals surface area contributed by atoms with E-state index in [1.54, 1.807) is 6.07 Å². The standard InChI is InChI=1S/C26H31Cl2NO4/c1-3-26-11-10-21(20-9-8-19(12-22(20)28)33-14-18(31)13-30)23(16-4-6-17(27)7-5-16)24(26)15(2)29-25(26)32/h4-9,12,15,18,21,23-24,30-31H,3,10-11,13-14H2,1-2H3,(H,29,32)/t15-,18-,21+,23+,24+,26-/m1/s1. The minimum absolute atomic E-state index is 0.00457. The molecule has 4 rings (SSSR count). The highest BCUT2D eigenvalue weighted by Crippen LogP contribution is 2.60. The first-order chi connectivity index (χ1) is 15.8. The molecule has 1 aliphatic carbocycles. The predicted molar refractivity (Wildman–Crippen MR) is 130 cm³/mol. The predicted octanol–water partition coefficient (Wildman–Crippen LogP) is 4.92. The fourth-order valence-electron chi connectivity index (χ4n) is 6.04. The summed E-state index contributed by atoms with van der Waals surface area (Å²) in [5.41, 5.74) is 1.82. The Morgan fingerprint density at radius 1 is 1.21 bits per heavy atom. The molecule has 33 heavy (non-hydrogen) atoms. The zero-order valence-corrected chi connectivity index (χ0v) is 20.4. The maximum atomic E-state index is 13.1. The van der Waals surface area contributed by atoms with Crippen molar-refractivity contribution in [2.45, 2.75) is 57.1 Å². The van der Waals surface area contributed by atoms with Crippen LogP contribution in [-0.4, -0.2) is 41.5 Å². The van der Waals surface area contributed by atoms with E-state index < -0.39 is 6.10 Å². The van der Waals surface area contributed by atoms with Crippen LogP contribution in [0.3, 0.4) is 0 Å². The second kappa shape index (κ2) is 9.83. The first-order valence-electron chi connectivity index (χ1n) is 11.6. The third-order valence-electron chi connectivity index (χ3n) is 7.62. The monoisotopic (exact) mass is 491 g/mol. The van der Waals surface area contributed by atoms with Crippen LogP contribution < -0.4 is 10.1 Å². The summed E-state index contributed by atoms with van der Waals surface area (Å²) < 4.78 is 5.58. The molecule has 1 saturated carbocycles. The molecule has 7 heteroatoms. The number of ether oxygens (including phenoxy) is 1. The zero-order valence-electron chi connectivity index (χ0n) is 18.9. The third-order valence-corrected chi connectivity index (χ3v) is 8.20. The lowest BCUT2D eigenvalue weighted by atomic mass is 9.54. The molecule has 6 atom stereocenters. The highest BCUT2D eigenvalue weighted by atomic mass is 35.5. The Kier molecular flexibility index (Phi) is 7.25. The van der Waals surface area contributed by atoms with Crippen molar-refractivity contribution >= 4 is 29.1 Å². The fraction of sp³-hybridized carbons (Fsp3) is 0.500. The van der Waals surface area contributed by atoms with Gasteiger partial charge in [-0.05, 0) is 73.4 Å². The van der Waals surface area contributed by atoms with E-state index in [9.17, 15) is 9.90 Å². The van der Waals surface area contributed by atoms with E-state index in [1.165, 1.54) is 0 Å². The molecule has 1 amide bonds. The van der Waals surface area contributed by atoms with E-state index in [0.717, 1.165) is 30.4 Å². The van der Waals surface area contributed by atoms with Crippen LogP contribution in [0.4, 0.5) is 0 Å². The molecule has 0 radical (unpaired) electrons. The summed E-state index contributed by atoms with van der Waals surface area (Å²) in [7, 11) is 0. The molecule has 2 aromatic rings. The van der Waals surface area contributed by atoms with E-state index in [1.807, 2.05) is 24.3 Å². The SMILES string of the molecule is CC[C@@]12CC[C@@H](c3ccc(OC[C@H](O)CO)cc3Cl)[C@H](c3ccc(Cl)cc3)[C@@H]1[C@@H](C)NC2=O. The zero-order chi connectivity index (χ0) is 23.8. The van der Waals surface area contributed by atoms with Gasteiger partial charge in [-0.15, -0.1) is 0 Å². The number of nitrogens with one attached hydrogen (secondary N) is 1. The van der Waals surface area contributed by atoms with Gasteiger partial charge >= 0.3 is 0 Å². The van der Waals surface area contributed by atoms with Gasteiger partial charge in [0.2, 0.25) is 5.91 Å². The minimum Gasteiger partial charge on any atom is -0.491 e.